The molecule has 1 fully saturated rings. The molecule has 1 aliphatic heterocycles. The molecule has 1 amide bonds. The number of aliphatic imine (C=N–C) groups is 1. The van der Waals surface area contributed by atoms with Gasteiger partial charge in [0.25, 0.3) is 0 Å². The van der Waals surface area contributed by atoms with E-state index < -0.39 is 0 Å². The van der Waals surface area contributed by atoms with Crippen molar-refractivity contribution in [2.75, 3.05) is 40.9 Å². The Kier molecular flexibility index (Phi) is 10.2. The normalized spacial score (nSPS) is 14.3. The number of guanidine groups is 1. The standard InChI is InChI=1S/C18H28N4O3.HI/c1-19-18(21-13-17(23)22-9-5-4-6-10-22)20-12-14-7-8-15(24-2)11-16(14)25-3;/h7-8,11H,4-6,9-10,12-13H2,1-3H3,(H2,19,20,21);1H. The minimum atomic E-state index is 0. The molecule has 0 spiro atoms. The second-order valence-electron chi connectivity index (χ2n) is 5.90. The molecule has 1 aromatic carbocycles. The lowest BCUT2D eigenvalue weighted by Crippen LogP contribution is -2.45. The molecular formula is C18H29IN4O3. The molecule has 8 heteroatoms. The highest BCUT2D eigenvalue weighted by Gasteiger charge is 2.16. The van der Waals surface area contributed by atoms with Crippen LogP contribution in [-0.2, 0) is 11.3 Å². The summed E-state index contributed by atoms with van der Waals surface area (Å²) in [6.45, 7) is 2.50. The molecule has 146 valence electrons. The molecule has 1 heterocycles. The first-order valence-corrected chi connectivity index (χ1v) is 8.61. The highest BCUT2D eigenvalue weighted by Crippen LogP contribution is 2.24. The third-order valence-electron chi connectivity index (χ3n) is 4.28. The van der Waals surface area contributed by atoms with E-state index in [1.807, 2.05) is 23.1 Å². The van der Waals surface area contributed by atoms with Gasteiger partial charge in [-0.05, 0) is 31.4 Å². The largest absolute Gasteiger partial charge is 0.497 e. The van der Waals surface area contributed by atoms with Crippen LogP contribution in [0.2, 0.25) is 0 Å². The maximum absolute atomic E-state index is 12.2. The number of methoxy groups -OCH3 is 2. The Morgan fingerprint density at radius 2 is 1.88 bits per heavy atom. The second kappa shape index (κ2) is 11.8. The van der Waals surface area contributed by atoms with Crippen molar-refractivity contribution < 1.29 is 14.3 Å². The topological polar surface area (TPSA) is 75.2 Å². The molecule has 1 aromatic rings. The predicted molar refractivity (Wildman–Crippen MR) is 114 cm³/mol. The van der Waals surface area contributed by atoms with Gasteiger partial charge in [-0.2, -0.15) is 0 Å². The van der Waals surface area contributed by atoms with Crippen molar-refractivity contribution in [3.05, 3.63) is 23.8 Å². The molecule has 26 heavy (non-hydrogen) atoms. The van der Waals surface area contributed by atoms with E-state index in [-0.39, 0.29) is 36.4 Å². The summed E-state index contributed by atoms with van der Waals surface area (Å²) in [5, 5.41) is 6.28. The summed E-state index contributed by atoms with van der Waals surface area (Å²) in [4.78, 5) is 18.3. The van der Waals surface area contributed by atoms with Crippen LogP contribution in [0.4, 0.5) is 0 Å². The first-order valence-electron chi connectivity index (χ1n) is 8.61. The molecule has 0 bridgehead atoms. The van der Waals surface area contributed by atoms with Gasteiger partial charge in [-0.3, -0.25) is 9.79 Å². The number of carbonyl (C=O) groups is 1. The maximum atomic E-state index is 12.2. The summed E-state index contributed by atoms with van der Waals surface area (Å²) in [6, 6.07) is 5.67. The average molecular weight is 476 g/mol. The van der Waals surface area contributed by atoms with Crippen molar-refractivity contribution >= 4 is 35.8 Å². The van der Waals surface area contributed by atoms with Crippen molar-refractivity contribution in [1.29, 1.82) is 0 Å². The fourth-order valence-electron chi connectivity index (χ4n) is 2.81. The van der Waals surface area contributed by atoms with Gasteiger partial charge in [-0.15, -0.1) is 24.0 Å². The van der Waals surface area contributed by atoms with Crippen LogP contribution in [0, 0.1) is 0 Å². The van der Waals surface area contributed by atoms with Crippen LogP contribution >= 0.6 is 24.0 Å². The third kappa shape index (κ3) is 6.54. The molecule has 2 rings (SSSR count). The van der Waals surface area contributed by atoms with E-state index in [4.69, 9.17) is 9.47 Å². The number of ether oxygens (including phenoxy) is 2. The van der Waals surface area contributed by atoms with Crippen molar-refractivity contribution in [2.45, 2.75) is 25.8 Å². The zero-order chi connectivity index (χ0) is 18.1. The minimum Gasteiger partial charge on any atom is -0.497 e. The Bertz CT molecular complexity index is 604. The van der Waals surface area contributed by atoms with Crippen LogP contribution in [0.25, 0.3) is 0 Å². The summed E-state index contributed by atoms with van der Waals surface area (Å²) >= 11 is 0. The molecule has 1 aliphatic rings. The molecule has 0 aromatic heterocycles. The molecule has 0 unspecified atom stereocenters. The van der Waals surface area contributed by atoms with Crippen molar-refractivity contribution in [3.63, 3.8) is 0 Å². The lowest BCUT2D eigenvalue weighted by atomic mass is 10.1. The number of nitrogens with zero attached hydrogens (tertiary/aromatic N) is 2. The first-order chi connectivity index (χ1) is 12.2. The fourth-order valence-corrected chi connectivity index (χ4v) is 2.81. The molecular weight excluding hydrogens is 447 g/mol. The molecule has 1 saturated heterocycles. The monoisotopic (exact) mass is 476 g/mol. The van der Waals surface area contributed by atoms with Gasteiger partial charge >= 0.3 is 0 Å². The molecule has 2 N–H and O–H groups in total. The van der Waals surface area contributed by atoms with Crippen LogP contribution in [-0.4, -0.2) is 57.7 Å². The number of piperidine rings is 1. The summed E-state index contributed by atoms with van der Waals surface area (Å²) < 4.78 is 10.6. The molecule has 0 radical (unpaired) electrons. The fraction of sp³-hybridized carbons (Fsp3) is 0.556. The van der Waals surface area contributed by atoms with E-state index in [1.165, 1.54) is 6.42 Å². The van der Waals surface area contributed by atoms with E-state index in [0.717, 1.165) is 43.0 Å². The summed E-state index contributed by atoms with van der Waals surface area (Å²) in [6.07, 6.45) is 3.40. The average Bonchev–Trinajstić information content (AvgIpc) is 2.68. The van der Waals surface area contributed by atoms with E-state index in [9.17, 15) is 4.79 Å². The van der Waals surface area contributed by atoms with Gasteiger partial charge < -0.3 is 25.0 Å². The summed E-state index contributed by atoms with van der Waals surface area (Å²) in [5.74, 6) is 2.19. The number of amides is 1. The van der Waals surface area contributed by atoms with Crippen LogP contribution in [0.15, 0.2) is 23.2 Å². The number of nitrogens with one attached hydrogen (secondary N) is 2. The van der Waals surface area contributed by atoms with Crippen molar-refractivity contribution in [3.8, 4) is 11.5 Å². The second-order valence-corrected chi connectivity index (χ2v) is 5.90. The lowest BCUT2D eigenvalue weighted by Gasteiger charge is -2.27. The SMILES string of the molecule is CN=C(NCC(=O)N1CCCCC1)NCc1ccc(OC)cc1OC.I. The van der Waals surface area contributed by atoms with E-state index in [0.29, 0.717) is 12.5 Å². The Morgan fingerprint density at radius 1 is 1.15 bits per heavy atom. The zero-order valence-corrected chi connectivity index (χ0v) is 18.0. The van der Waals surface area contributed by atoms with Crippen molar-refractivity contribution in [1.82, 2.24) is 15.5 Å². The van der Waals surface area contributed by atoms with Gasteiger partial charge in [0.1, 0.15) is 11.5 Å². The smallest absolute Gasteiger partial charge is 0.241 e. The summed E-state index contributed by atoms with van der Waals surface area (Å²) in [5.41, 5.74) is 0.980. The van der Waals surface area contributed by atoms with Gasteiger partial charge in [-0.25, -0.2) is 0 Å². The Morgan fingerprint density at radius 3 is 2.50 bits per heavy atom. The van der Waals surface area contributed by atoms with Gasteiger partial charge in [0, 0.05) is 38.3 Å². The first kappa shape index (κ1) is 22.3. The van der Waals surface area contributed by atoms with Gasteiger partial charge in [-0.1, -0.05) is 0 Å². The number of hydrogen-bond donors (Lipinski definition) is 2. The number of likely N-dealkylation sites (tertiary alicyclic amines) is 1. The summed E-state index contributed by atoms with van der Waals surface area (Å²) in [7, 11) is 4.94. The molecule has 0 saturated carbocycles. The highest BCUT2D eigenvalue weighted by atomic mass is 127. The molecule has 0 atom stereocenters. The predicted octanol–water partition coefficient (Wildman–Crippen LogP) is 2.00. The number of benzene rings is 1. The van der Waals surface area contributed by atoms with Crippen LogP contribution in [0.1, 0.15) is 24.8 Å². The van der Waals surface area contributed by atoms with E-state index in [1.54, 1.807) is 21.3 Å². The highest BCUT2D eigenvalue weighted by molar-refractivity contribution is 14.0. The zero-order valence-electron chi connectivity index (χ0n) is 15.7. The number of hydrogen-bond acceptors (Lipinski definition) is 4. The Balaban J connectivity index is 0.00000338. The number of carbonyl (C=O) groups excluding carboxylic acids is 1. The Labute approximate surface area is 172 Å². The number of halogens is 1. The van der Waals surface area contributed by atoms with Crippen LogP contribution in [0.3, 0.4) is 0 Å². The van der Waals surface area contributed by atoms with E-state index in [2.05, 4.69) is 15.6 Å². The lowest BCUT2D eigenvalue weighted by molar-refractivity contribution is -0.130. The van der Waals surface area contributed by atoms with Gasteiger partial charge in [0.05, 0.1) is 20.8 Å². The van der Waals surface area contributed by atoms with E-state index >= 15 is 0 Å². The van der Waals surface area contributed by atoms with Gasteiger partial charge in [0.2, 0.25) is 5.91 Å². The van der Waals surface area contributed by atoms with Crippen LogP contribution < -0.4 is 20.1 Å². The minimum absolute atomic E-state index is 0. The third-order valence-corrected chi connectivity index (χ3v) is 4.28. The van der Waals surface area contributed by atoms with Gasteiger partial charge in [0.15, 0.2) is 5.96 Å². The molecule has 7 nitrogen and oxygen atoms in total. The maximum Gasteiger partial charge on any atom is 0.241 e. The Hall–Kier alpha value is -1.71. The van der Waals surface area contributed by atoms with Crippen molar-refractivity contribution in [2.24, 2.45) is 4.99 Å². The molecule has 0 aliphatic carbocycles. The van der Waals surface area contributed by atoms with Crippen LogP contribution in [0.5, 0.6) is 11.5 Å². The number of rotatable bonds is 6. The quantitative estimate of drug-likeness (QED) is 0.373.